The van der Waals surface area contributed by atoms with Crippen LogP contribution in [0, 0.1) is 41.3 Å². The van der Waals surface area contributed by atoms with E-state index < -0.39 is 34.7 Å². The van der Waals surface area contributed by atoms with Crippen molar-refractivity contribution in [2.75, 3.05) is 6.61 Å². The van der Waals surface area contributed by atoms with E-state index in [0.29, 0.717) is 0 Å². The fraction of sp³-hybridized carbons (Fsp3) is 0.781. The number of halogens is 4. The Labute approximate surface area is 226 Å². The van der Waals surface area contributed by atoms with Crippen molar-refractivity contribution in [1.82, 2.24) is 0 Å². The summed E-state index contributed by atoms with van der Waals surface area (Å²) in [6.45, 7) is 3.98. The summed E-state index contributed by atoms with van der Waals surface area (Å²) in [6.07, 6.45) is 13.1. The molecule has 0 heterocycles. The van der Waals surface area contributed by atoms with E-state index in [1.54, 1.807) is 0 Å². The first-order valence-corrected chi connectivity index (χ1v) is 15.3. The van der Waals surface area contributed by atoms with Crippen LogP contribution in [0.1, 0.15) is 126 Å². The number of benzene rings is 1. The lowest BCUT2D eigenvalue weighted by Crippen LogP contribution is -2.30. The van der Waals surface area contributed by atoms with Gasteiger partial charge in [0.25, 0.3) is 0 Å². The summed E-state index contributed by atoms with van der Waals surface area (Å²) in [6, 6.07) is 2.23. The topological polar surface area (TPSA) is 26.3 Å². The van der Waals surface area contributed by atoms with Gasteiger partial charge in [-0.15, -0.1) is 0 Å². The van der Waals surface area contributed by atoms with Crippen molar-refractivity contribution in [3.63, 3.8) is 0 Å². The van der Waals surface area contributed by atoms with Crippen molar-refractivity contribution in [3.05, 3.63) is 29.1 Å². The minimum atomic E-state index is -4.95. The van der Waals surface area contributed by atoms with Gasteiger partial charge in [0.05, 0.1) is 6.61 Å². The summed E-state index contributed by atoms with van der Waals surface area (Å²) >= 11 is 0. The molecular formula is C32H46F4O2. The van der Waals surface area contributed by atoms with Gasteiger partial charge in [-0.05, 0) is 112 Å². The zero-order valence-electron chi connectivity index (χ0n) is 23.3. The second-order valence-corrected chi connectivity index (χ2v) is 12.4. The number of carbonyl (C=O) groups is 1. The molecule has 3 saturated carbocycles. The minimum absolute atomic E-state index is 0.117. The first-order valence-electron chi connectivity index (χ1n) is 15.3. The van der Waals surface area contributed by atoms with E-state index in [1.165, 1.54) is 77.2 Å². The van der Waals surface area contributed by atoms with Crippen LogP contribution in [0.5, 0.6) is 5.75 Å². The van der Waals surface area contributed by atoms with Crippen LogP contribution in [0.15, 0.2) is 12.1 Å². The average molecular weight is 539 g/mol. The molecule has 0 unspecified atom stereocenters. The molecule has 3 fully saturated rings. The molecule has 4 rings (SSSR count). The molecule has 0 aromatic heterocycles. The van der Waals surface area contributed by atoms with Gasteiger partial charge >= 0.3 is 6.18 Å². The first-order chi connectivity index (χ1) is 18.2. The van der Waals surface area contributed by atoms with Gasteiger partial charge in [-0.2, -0.15) is 13.2 Å². The lowest BCUT2D eigenvalue weighted by atomic mass is 9.65. The Bertz CT molecular complexity index is 903. The highest BCUT2D eigenvalue weighted by atomic mass is 19.4. The van der Waals surface area contributed by atoms with Crippen molar-refractivity contribution < 1.29 is 27.1 Å². The van der Waals surface area contributed by atoms with Crippen molar-refractivity contribution in [2.45, 2.75) is 116 Å². The molecule has 0 spiro atoms. The Morgan fingerprint density at radius 3 is 1.71 bits per heavy atom. The second kappa shape index (κ2) is 13.2. The lowest BCUT2D eigenvalue weighted by Gasteiger charge is -2.41. The van der Waals surface area contributed by atoms with Gasteiger partial charge in [0, 0.05) is 12.0 Å². The van der Waals surface area contributed by atoms with Crippen LogP contribution in [-0.2, 0) is 6.18 Å². The Hall–Kier alpha value is -1.59. The van der Waals surface area contributed by atoms with E-state index in [2.05, 4.69) is 6.92 Å². The first kappa shape index (κ1) is 29.4. The predicted octanol–water partition coefficient (Wildman–Crippen LogP) is 10.0. The van der Waals surface area contributed by atoms with Crippen molar-refractivity contribution in [2.24, 2.45) is 35.5 Å². The standard InChI is InChI=1S/C32H46F4O2/c1-3-5-21-6-10-23(11-7-21)25-14-16-26(17-15-25)24-12-8-22(9-13-24)20-38-29-19-18-27(28(37)4-2)30(31(29)33)32(34,35)36/h18-19,21-26H,3-17,20H2,1-2H3. The average Bonchev–Trinajstić information content (AvgIpc) is 2.92. The number of alkyl halides is 3. The quantitative estimate of drug-likeness (QED) is 0.231. The molecule has 2 nitrogen and oxygen atoms in total. The zero-order valence-corrected chi connectivity index (χ0v) is 23.3. The Balaban J connectivity index is 1.22. The van der Waals surface area contributed by atoms with Crippen LogP contribution in [0.2, 0.25) is 0 Å². The lowest BCUT2D eigenvalue weighted by molar-refractivity contribution is -0.140. The summed E-state index contributed by atoms with van der Waals surface area (Å²) in [5.41, 5.74) is -2.13. The molecule has 0 aliphatic heterocycles. The van der Waals surface area contributed by atoms with Gasteiger partial charge < -0.3 is 4.74 Å². The molecule has 214 valence electrons. The molecule has 0 saturated heterocycles. The van der Waals surface area contributed by atoms with Crippen LogP contribution in [0.3, 0.4) is 0 Å². The van der Waals surface area contributed by atoms with E-state index in [4.69, 9.17) is 4.74 Å². The molecule has 0 N–H and O–H groups in total. The SMILES string of the molecule is CCCC1CCC(C2CCC(C3CCC(COc4ccc(C(=O)CC)c(C(F)(F)F)c4F)CC3)CC2)CC1. The van der Waals surface area contributed by atoms with Gasteiger partial charge in [-0.25, -0.2) is 4.39 Å². The Morgan fingerprint density at radius 1 is 0.789 bits per heavy atom. The monoisotopic (exact) mass is 538 g/mol. The molecule has 0 bridgehead atoms. The summed E-state index contributed by atoms with van der Waals surface area (Å²) < 4.78 is 61.0. The van der Waals surface area contributed by atoms with Crippen LogP contribution >= 0.6 is 0 Å². The van der Waals surface area contributed by atoms with E-state index in [0.717, 1.165) is 61.3 Å². The number of ether oxygens (including phenoxy) is 1. The maximum absolute atomic E-state index is 14.8. The number of rotatable bonds is 9. The maximum Gasteiger partial charge on any atom is 0.420 e. The molecule has 0 amide bonds. The molecule has 0 atom stereocenters. The number of hydrogen-bond donors (Lipinski definition) is 0. The highest BCUT2D eigenvalue weighted by Gasteiger charge is 2.40. The summed E-state index contributed by atoms with van der Waals surface area (Å²) in [7, 11) is 0. The summed E-state index contributed by atoms with van der Waals surface area (Å²) in [5, 5.41) is 0. The van der Waals surface area contributed by atoms with E-state index >= 15 is 0 Å². The third-order valence-electron chi connectivity index (χ3n) is 10.1. The summed E-state index contributed by atoms with van der Waals surface area (Å²) in [5.74, 6) is 2.01. The summed E-state index contributed by atoms with van der Waals surface area (Å²) in [4.78, 5) is 11.9. The fourth-order valence-corrected chi connectivity index (χ4v) is 7.85. The van der Waals surface area contributed by atoms with Crippen LogP contribution in [0.25, 0.3) is 0 Å². The van der Waals surface area contributed by atoms with E-state index in [1.807, 2.05) is 0 Å². The highest BCUT2D eigenvalue weighted by Crippen LogP contribution is 2.46. The molecule has 1 aromatic carbocycles. The molecule has 3 aliphatic carbocycles. The normalized spacial score (nSPS) is 30.7. The fourth-order valence-electron chi connectivity index (χ4n) is 7.85. The van der Waals surface area contributed by atoms with Crippen molar-refractivity contribution in [1.29, 1.82) is 0 Å². The van der Waals surface area contributed by atoms with Crippen LogP contribution in [-0.4, -0.2) is 12.4 Å². The zero-order chi connectivity index (χ0) is 27.3. The Kier molecular flexibility index (Phi) is 10.2. The predicted molar refractivity (Wildman–Crippen MR) is 143 cm³/mol. The van der Waals surface area contributed by atoms with Gasteiger partial charge in [-0.3, -0.25) is 4.79 Å². The number of carbonyl (C=O) groups excluding carboxylic acids is 1. The molecule has 1 aromatic rings. The van der Waals surface area contributed by atoms with E-state index in [-0.39, 0.29) is 18.9 Å². The molecule has 0 radical (unpaired) electrons. The minimum Gasteiger partial charge on any atom is -0.490 e. The maximum atomic E-state index is 14.8. The third-order valence-corrected chi connectivity index (χ3v) is 10.1. The van der Waals surface area contributed by atoms with Crippen LogP contribution in [0.4, 0.5) is 17.6 Å². The number of Topliss-reactive ketones (excluding diaryl/α,β-unsaturated/α-hetero) is 1. The third kappa shape index (κ3) is 7.13. The molecule has 38 heavy (non-hydrogen) atoms. The smallest absolute Gasteiger partial charge is 0.420 e. The van der Waals surface area contributed by atoms with E-state index in [9.17, 15) is 22.4 Å². The highest BCUT2D eigenvalue weighted by molar-refractivity contribution is 5.97. The number of ketones is 1. The van der Waals surface area contributed by atoms with Gasteiger partial charge in [0.15, 0.2) is 17.3 Å². The Morgan fingerprint density at radius 2 is 1.26 bits per heavy atom. The largest absolute Gasteiger partial charge is 0.490 e. The molecule has 6 heteroatoms. The van der Waals surface area contributed by atoms with Gasteiger partial charge in [0.2, 0.25) is 0 Å². The van der Waals surface area contributed by atoms with Crippen LogP contribution < -0.4 is 4.74 Å². The van der Waals surface area contributed by atoms with Crippen molar-refractivity contribution >= 4 is 5.78 Å². The molecule has 3 aliphatic rings. The van der Waals surface area contributed by atoms with Crippen molar-refractivity contribution in [3.8, 4) is 5.75 Å². The van der Waals surface area contributed by atoms with Gasteiger partial charge in [-0.1, -0.05) is 39.5 Å². The molecular weight excluding hydrogens is 492 g/mol. The second-order valence-electron chi connectivity index (χ2n) is 12.4. The van der Waals surface area contributed by atoms with Gasteiger partial charge in [0.1, 0.15) is 5.56 Å². The number of hydrogen-bond acceptors (Lipinski definition) is 2.